The summed E-state index contributed by atoms with van der Waals surface area (Å²) >= 11 is 0. The van der Waals surface area contributed by atoms with Crippen LogP contribution in [-0.4, -0.2) is 14.7 Å². The number of benzene rings is 1. The van der Waals surface area contributed by atoms with Gasteiger partial charge in [-0.3, -0.25) is 4.98 Å². The summed E-state index contributed by atoms with van der Waals surface area (Å²) in [5.74, 6) is 0.273. The third-order valence-electron chi connectivity index (χ3n) is 3.54. The molecule has 3 rings (SSSR count). The lowest BCUT2D eigenvalue weighted by atomic mass is 10.1. The Morgan fingerprint density at radius 3 is 2.68 bits per heavy atom. The summed E-state index contributed by atoms with van der Waals surface area (Å²) in [6.07, 6.45) is 1.63. The van der Waals surface area contributed by atoms with Crippen molar-refractivity contribution in [2.75, 3.05) is 5.73 Å². The number of aromatic nitrogens is 2. The molecule has 4 heteroatoms. The van der Waals surface area contributed by atoms with Gasteiger partial charge in [-0.25, -0.2) is 0 Å². The Morgan fingerprint density at radius 1 is 1.21 bits per heavy atom. The van der Waals surface area contributed by atoms with Gasteiger partial charge in [0.1, 0.15) is 5.75 Å². The van der Waals surface area contributed by atoms with E-state index in [1.165, 1.54) is 0 Å². The van der Waals surface area contributed by atoms with Crippen LogP contribution in [-0.2, 0) is 7.05 Å². The highest BCUT2D eigenvalue weighted by atomic mass is 16.3. The van der Waals surface area contributed by atoms with Crippen LogP contribution in [0.25, 0.3) is 22.2 Å². The summed E-state index contributed by atoms with van der Waals surface area (Å²) in [5.41, 5.74) is 10.1. The van der Waals surface area contributed by atoms with Gasteiger partial charge in [-0.05, 0) is 31.2 Å². The van der Waals surface area contributed by atoms with Crippen LogP contribution < -0.4 is 5.73 Å². The molecule has 0 aliphatic heterocycles. The molecule has 4 nitrogen and oxygen atoms in total. The molecule has 19 heavy (non-hydrogen) atoms. The average molecular weight is 253 g/mol. The summed E-state index contributed by atoms with van der Waals surface area (Å²) in [6.45, 7) is 2.02. The van der Waals surface area contributed by atoms with Gasteiger partial charge in [-0.1, -0.05) is 6.07 Å². The number of phenols is 1. The van der Waals surface area contributed by atoms with Crippen molar-refractivity contribution >= 4 is 16.6 Å². The number of anilines is 1. The standard InChI is InChI=1S/C15H15N3O/c1-9-14(11-7-6-10(16)8-17-11)15-12(18(9)2)4-3-5-13(15)19/h3-8,19H,16H2,1-2H3. The summed E-state index contributed by atoms with van der Waals surface area (Å²) in [6, 6.07) is 9.23. The number of aryl methyl sites for hydroxylation is 1. The Bertz CT molecular complexity index is 757. The van der Waals surface area contributed by atoms with Crippen LogP contribution in [0.3, 0.4) is 0 Å². The maximum atomic E-state index is 10.1. The highest BCUT2D eigenvalue weighted by Gasteiger charge is 2.17. The van der Waals surface area contributed by atoms with Gasteiger partial charge in [0.2, 0.25) is 0 Å². The minimum atomic E-state index is 0.273. The quantitative estimate of drug-likeness (QED) is 0.701. The lowest BCUT2D eigenvalue weighted by Crippen LogP contribution is -1.92. The van der Waals surface area contributed by atoms with E-state index in [1.807, 2.05) is 38.2 Å². The molecule has 96 valence electrons. The molecule has 1 aromatic carbocycles. The summed E-state index contributed by atoms with van der Waals surface area (Å²) in [5, 5.41) is 11.0. The zero-order valence-electron chi connectivity index (χ0n) is 10.9. The molecular formula is C15H15N3O. The molecule has 0 aliphatic rings. The van der Waals surface area contributed by atoms with Gasteiger partial charge < -0.3 is 15.4 Å². The van der Waals surface area contributed by atoms with Crippen LogP contribution in [0.4, 0.5) is 5.69 Å². The van der Waals surface area contributed by atoms with E-state index in [0.29, 0.717) is 5.69 Å². The first-order valence-corrected chi connectivity index (χ1v) is 6.08. The minimum absolute atomic E-state index is 0.273. The first-order valence-electron chi connectivity index (χ1n) is 6.08. The number of hydrogen-bond acceptors (Lipinski definition) is 3. The molecule has 0 atom stereocenters. The molecule has 0 unspecified atom stereocenters. The highest BCUT2D eigenvalue weighted by Crippen LogP contribution is 2.38. The van der Waals surface area contributed by atoms with E-state index >= 15 is 0 Å². The van der Waals surface area contributed by atoms with Crippen LogP contribution in [0.1, 0.15) is 5.69 Å². The first-order chi connectivity index (χ1) is 9.09. The molecule has 3 N–H and O–H groups in total. The minimum Gasteiger partial charge on any atom is -0.507 e. The van der Waals surface area contributed by atoms with E-state index in [0.717, 1.165) is 27.9 Å². The molecule has 0 fully saturated rings. The lowest BCUT2D eigenvalue weighted by molar-refractivity contribution is 0.482. The van der Waals surface area contributed by atoms with E-state index < -0.39 is 0 Å². The van der Waals surface area contributed by atoms with Crippen molar-refractivity contribution in [3.05, 3.63) is 42.2 Å². The molecule has 2 heterocycles. The Labute approximate surface area is 111 Å². The second-order valence-electron chi connectivity index (χ2n) is 4.67. The Hall–Kier alpha value is -2.49. The van der Waals surface area contributed by atoms with Crippen LogP contribution in [0.15, 0.2) is 36.5 Å². The maximum absolute atomic E-state index is 10.1. The summed E-state index contributed by atoms with van der Waals surface area (Å²) in [4.78, 5) is 4.36. The van der Waals surface area contributed by atoms with E-state index in [-0.39, 0.29) is 5.75 Å². The summed E-state index contributed by atoms with van der Waals surface area (Å²) < 4.78 is 2.06. The van der Waals surface area contributed by atoms with E-state index in [2.05, 4.69) is 9.55 Å². The van der Waals surface area contributed by atoms with Crippen LogP contribution in [0, 0.1) is 6.92 Å². The molecular weight excluding hydrogens is 238 g/mol. The van der Waals surface area contributed by atoms with Gasteiger partial charge in [0.15, 0.2) is 0 Å². The molecule has 3 aromatic rings. The van der Waals surface area contributed by atoms with Crippen molar-refractivity contribution in [2.45, 2.75) is 6.92 Å². The number of fused-ring (bicyclic) bond motifs is 1. The fourth-order valence-corrected chi connectivity index (χ4v) is 2.46. The summed E-state index contributed by atoms with van der Waals surface area (Å²) in [7, 11) is 1.98. The van der Waals surface area contributed by atoms with Crippen LogP contribution >= 0.6 is 0 Å². The molecule has 0 radical (unpaired) electrons. The van der Waals surface area contributed by atoms with E-state index in [1.54, 1.807) is 12.3 Å². The van der Waals surface area contributed by atoms with Gasteiger partial charge in [0.25, 0.3) is 0 Å². The number of phenolic OH excluding ortho intramolecular Hbond substituents is 1. The van der Waals surface area contributed by atoms with Gasteiger partial charge in [-0.2, -0.15) is 0 Å². The third kappa shape index (κ3) is 1.64. The van der Waals surface area contributed by atoms with Crippen molar-refractivity contribution in [1.29, 1.82) is 0 Å². The van der Waals surface area contributed by atoms with E-state index in [4.69, 9.17) is 5.73 Å². The Kier molecular flexibility index (Phi) is 2.45. The fraction of sp³-hybridized carbons (Fsp3) is 0.133. The van der Waals surface area contributed by atoms with Gasteiger partial charge >= 0.3 is 0 Å². The average Bonchev–Trinajstić information content (AvgIpc) is 2.66. The van der Waals surface area contributed by atoms with Crippen molar-refractivity contribution < 1.29 is 5.11 Å². The molecule has 0 spiro atoms. The third-order valence-corrected chi connectivity index (χ3v) is 3.54. The molecule has 0 saturated heterocycles. The number of hydrogen-bond donors (Lipinski definition) is 2. The number of nitrogens with zero attached hydrogens (tertiary/aromatic N) is 2. The fourth-order valence-electron chi connectivity index (χ4n) is 2.46. The molecule has 0 saturated carbocycles. The van der Waals surface area contributed by atoms with Crippen LogP contribution in [0.5, 0.6) is 5.75 Å². The first kappa shape index (κ1) is 11.6. The Morgan fingerprint density at radius 2 is 2.00 bits per heavy atom. The maximum Gasteiger partial charge on any atom is 0.125 e. The molecule has 0 bridgehead atoms. The zero-order valence-corrected chi connectivity index (χ0v) is 10.9. The normalized spacial score (nSPS) is 11.1. The smallest absolute Gasteiger partial charge is 0.125 e. The van der Waals surface area contributed by atoms with Gasteiger partial charge in [0, 0.05) is 18.3 Å². The predicted octanol–water partition coefficient (Wildman–Crippen LogP) is 2.84. The van der Waals surface area contributed by atoms with Crippen molar-refractivity contribution in [3.8, 4) is 17.0 Å². The second-order valence-corrected chi connectivity index (χ2v) is 4.67. The molecule has 0 amide bonds. The monoisotopic (exact) mass is 253 g/mol. The van der Waals surface area contributed by atoms with Gasteiger partial charge in [0.05, 0.1) is 28.5 Å². The molecule has 0 aliphatic carbocycles. The van der Waals surface area contributed by atoms with Gasteiger partial charge in [-0.15, -0.1) is 0 Å². The number of aromatic hydroxyl groups is 1. The van der Waals surface area contributed by atoms with Crippen molar-refractivity contribution in [1.82, 2.24) is 9.55 Å². The zero-order chi connectivity index (χ0) is 13.6. The SMILES string of the molecule is Cc1c(-c2ccc(N)cn2)c2c(O)cccc2n1C. The van der Waals surface area contributed by atoms with Crippen molar-refractivity contribution in [3.63, 3.8) is 0 Å². The number of rotatable bonds is 1. The Balaban J connectivity index is 2.40. The topological polar surface area (TPSA) is 64.1 Å². The number of nitrogen functional groups attached to an aromatic ring is 1. The second kappa shape index (κ2) is 4.02. The molecule has 2 aromatic heterocycles. The van der Waals surface area contributed by atoms with Crippen LogP contribution in [0.2, 0.25) is 0 Å². The lowest BCUT2D eigenvalue weighted by Gasteiger charge is -2.03. The highest BCUT2D eigenvalue weighted by molar-refractivity contribution is 6.01. The van der Waals surface area contributed by atoms with Crippen molar-refractivity contribution in [2.24, 2.45) is 7.05 Å². The number of pyridine rings is 1. The van der Waals surface area contributed by atoms with E-state index in [9.17, 15) is 5.11 Å². The predicted molar refractivity (Wildman–Crippen MR) is 77.0 cm³/mol. The number of nitrogens with two attached hydrogens (primary N) is 1. The largest absolute Gasteiger partial charge is 0.507 e.